The van der Waals surface area contributed by atoms with Crippen LogP contribution in [0.5, 0.6) is 5.75 Å². The fourth-order valence-corrected chi connectivity index (χ4v) is 2.52. The Morgan fingerprint density at radius 2 is 1.75 bits per heavy atom. The SMILES string of the molecule is CCOC(=O)CCN(Cc1ccc(OC)cc1)C(=O)/C=C/c1ccc(F)cc1. The van der Waals surface area contributed by atoms with E-state index in [1.54, 1.807) is 37.1 Å². The van der Waals surface area contributed by atoms with Crippen molar-refractivity contribution in [1.82, 2.24) is 4.90 Å². The zero-order valence-electron chi connectivity index (χ0n) is 16.1. The predicted molar refractivity (Wildman–Crippen MR) is 105 cm³/mol. The van der Waals surface area contributed by atoms with Gasteiger partial charge in [0, 0.05) is 19.2 Å². The summed E-state index contributed by atoms with van der Waals surface area (Å²) >= 11 is 0. The van der Waals surface area contributed by atoms with Crippen LogP contribution < -0.4 is 4.74 Å². The van der Waals surface area contributed by atoms with Crippen LogP contribution in [0.2, 0.25) is 0 Å². The average molecular weight is 385 g/mol. The van der Waals surface area contributed by atoms with E-state index in [2.05, 4.69) is 0 Å². The molecule has 0 saturated carbocycles. The van der Waals surface area contributed by atoms with Gasteiger partial charge in [0.2, 0.25) is 5.91 Å². The lowest BCUT2D eigenvalue weighted by atomic mass is 10.1. The van der Waals surface area contributed by atoms with Gasteiger partial charge in [0.15, 0.2) is 0 Å². The number of carbonyl (C=O) groups is 2. The van der Waals surface area contributed by atoms with Crippen LogP contribution in [0.1, 0.15) is 24.5 Å². The second-order valence-corrected chi connectivity index (χ2v) is 6.05. The molecular weight excluding hydrogens is 361 g/mol. The highest BCUT2D eigenvalue weighted by Gasteiger charge is 2.14. The van der Waals surface area contributed by atoms with Crippen LogP contribution in [0, 0.1) is 5.82 Å². The van der Waals surface area contributed by atoms with Crippen LogP contribution >= 0.6 is 0 Å². The molecule has 0 radical (unpaired) electrons. The van der Waals surface area contributed by atoms with Crippen LogP contribution in [-0.2, 0) is 20.9 Å². The third-order valence-electron chi connectivity index (χ3n) is 4.02. The van der Waals surface area contributed by atoms with E-state index < -0.39 is 0 Å². The summed E-state index contributed by atoms with van der Waals surface area (Å²) in [6.45, 7) is 2.62. The molecule has 0 fully saturated rings. The van der Waals surface area contributed by atoms with Crippen LogP contribution in [0.4, 0.5) is 4.39 Å². The number of rotatable bonds is 9. The second kappa shape index (κ2) is 10.9. The van der Waals surface area contributed by atoms with Gasteiger partial charge in [-0.25, -0.2) is 4.39 Å². The van der Waals surface area contributed by atoms with Crippen molar-refractivity contribution >= 4 is 18.0 Å². The molecule has 0 aromatic heterocycles. The minimum Gasteiger partial charge on any atom is -0.497 e. The lowest BCUT2D eigenvalue weighted by Gasteiger charge is -2.21. The van der Waals surface area contributed by atoms with Crippen molar-refractivity contribution in [1.29, 1.82) is 0 Å². The van der Waals surface area contributed by atoms with E-state index in [-0.39, 0.29) is 30.7 Å². The smallest absolute Gasteiger partial charge is 0.307 e. The molecule has 2 aromatic rings. The monoisotopic (exact) mass is 385 g/mol. The van der Waals surface area contributed by atoms with E-state index >= 15 is 0 Å². The number of ether oxygens (including phenoxy) is 2. The van der Waals surface area contributed by atoms with Crippen molar-refractivity contribution in [3.8, 4) is 5.75 Å². The van der Waals surface area contributed by atoms with Crippen molar-refractivity contribution in [3.63, 3.8) is 0 Å². The number of benzene rings is 2. The number of methoxy groups -OCH3 is 1. The van der Waals surface area contributed by atoms with Gasteiger partial charge in [0.25, 0.3) is 0 Å². The molecule has 6 heteroatoms. The van der Waals surface area contributed by atoms with Crippen molar-refractivity contribution < 1.29 is 23.5 Å². The molecule has 2 rings (SSSR count). The maximum Gasteiger partial charge on any atom is 0.307 e. The molecule has 0 aliphatic rings. The first kappa shape index (κ1) is 21.2. The molecule has 0 unspecified atom stereocenters. The van der Waals surface area contributed by atoms with Crippen molar-refractivity contribution in [3.05, 3.63) is 71.6 Å². The van der Waals surface area contributed by atoms with Gasteiger partial charge >= 0.3 is 5.97 Å². The third kappa shape index (κ3) is 6.87. The standard InChI is InChI=1S/C22H24FNO4/c1-3-28-22(26)14-15-24(16-18-6-11-20(27-2)12-7-18)21(25)13-8-17-4-9-19(23)10-5-17/h4-13H,3,14-16H2,1-2H3/b13-8+. The Labute approximate surface area is 164 Å². The largest absolute Gasteiger partial charge is 0.497 e. The molecule has 0 saturated heterocycles. The van der Waals surface area contributed by atoms with Gasteiger partial charge in [0.1, 0.15) is 11.6 Å². The van der Waals surface area contributed by atoms with Gasteiger partial charge < -0.3 is 14.4 Å². The normalized spacial score (nSPS) is 10.7. The summed E-state index contributed by atoms with van der Waals surface area (Å²) in [7, 11) is 1.59. The zero-order valence-corrected chi connectivity index (χ0v) is 16.1. The number of halogens is 1. The summed E-state index contributed by atoms with van der Waals surface area (Å²) in [6.07, 6.45) is 3.15. The molecule has 0 atom stereocenters. The number of hydrogen-bond acceptors (Lipinski definition) is 4. The highest BCUT2D eigenvalue weighted by molar-refractivity contribution is 5.92. The predicted octanol–water partition coefficient (Wildman–Crippen LogP) is 3.83. The molecule has 2 aromatic carbocycles. The van der Waals surface area contributed by atoms with E-state index in [9.17, 15) is 14.0 Å². The lowest BCUT2D eigenvalue weighted by molar-refractivity contribution is -0.143. The maximum absolute atomic E-state index is 13.0. The second-order valence-electron chi connectivity index (χ2n) is 6.05. The van der Waals surface area contributed by atoms with E-state index in [1.807, 2.05) is 24.3 Å². The van der Waals surface area contributed by atoms with E-state index in [4.69, 9.17) is 9.47 Å². The summed E-state index contributed by atoms with van der Waals surface area (Å²) in [5.74, 6) is -0.203. The number of amides is 1. The first-order valence-corrected chi connectivity index (χ1v) is 9.03. The minimum absolute atomic E-state index is 0.111. The number of hydrogen-bond donors (Lipinski definition) is 0. The molecule has 0 N–H and O–H groups in total. The topological polar surface area (TPSA) is 55.8 Å². The summed E-state index contributed by atoms with van der Waals surface area (Å²) in [5, 5.41) is 0. The summed E-state index contributed by atoms with van der Waals surface area (Å²) in [6, 6.07) is 13.2. The van der Waals surface area contributed by atoms with Crippen LogP contribution in [-0.4, -0.2) is 37.0 Å². The third-order valence-corrected chi connectivity index (χ3v) is 4.02. The Morgan fingerprint density at radius 1 is 1.07 bits per heavy atom. The Bertz CT molecular complexity index is 800. The van der Waals surface area contributed by atoms with Crippen molar-refractivity contribution in [2.75, 3.05) is 20.3 Å². The number of nitrogens with zero attached hydrogens (tertiary/aromatic N) is 1. The molecular formula is C22H24FNO4. The highest BCUT2D eigenvalue weighted by Crippen LogP contribution is 2.14. The number of carbonyl (C=O) groups excluding carboxylic acids is 2. The Morgan fingerprint density at radius 3 is 2.36 bits per heavy atom. The molecule has 0 spiro atoms. The van der Waals surface area contributed by atoms with Gasteiger partial charge in [-0.05, 0) is 48.4 Å². The maximum atomic E-state index is 13.0. The Hall–Kier alpha value is -3.15. The van der Waals surface area contributed by atoms with Crippen LogP contribution in [0.15, 0.2) is 54.6 Å². The molecule has 0 heterocycles. The van der Waals surface area contributed by atoms with Crippen molar-refractivity contribution in [2.45, 2.75) is 19.9 Å². The molecule has 148 valence electrons. The quantitative estimate of drug-likeness (QED) is 0.486. The van der Waals surface area contributed by atoms with Crippen molar-refractivity contribution in [2.24, 2.45) is 0 Å². The summed E-state index contributed by atoms with van der Waals surface area (Å²) in [4.78, 5) is 25.9. The lowest BCUT2D eigenvalue weighted by Crippen LogP contribution is -2.31. The fourth-order valence-electron chi connectivity index (χ4n) is 2.52. The van der Waals surface area contributed by atoms with Gasteiger partial charge in [-0.3, -0.25) is 9.59 Å². The highest BCUT2D eigenvalue weighted by atomic mass is 19.1. The van der Waals surface area contributed by atoms with Gasteiger partial charge in [-0.1, -0.05) is 24.3 Å². The van der Waals surface area contributed by atoms with Gasteiger partial charge in [-0.15, -0.1) is 0 Å². The summed E-state index contributed by atoms with van der Waals surface area (Å²) < 4.78 is 23.1. The Balaban J connectivity index is 2.09. The molecule has 5 nitrogen and oxygen atoms in total. The first-order chi connectivity index (χ1) is 13.5. The molecule has 28 heavy (non-hydrogen) atoms. The molecule has 1 amide bonds. The van der Waals surface area contributed by atoms with Crippen LogP contribution in [0.25, 0.3) is 6.08 Å². The van der Waals surface area contributed by atoms with Crippen LogP contribution in [0.3, 0.4) is 0 Å². The number of esters is 1. The molecule has 0 aliphatic carbocycles. The van der Waals surface area contributed by atoms with E-state index in [0.29, 0.717) is 18.7 Å². The molecule has 0 aliphatic heterocycles. The minimum atomic E-state index is -0.349. The zero-order chi connectivity index (χ0) is 20.4. The first-order valence-electron chi connectivity index (χ1n) is 9.03. The average Bonchev–Trinajstić information content (AvgIpc) is 2.71. The van der Waals surface area contributed by atoms with Gasteiger partial charge in [0.05, 0.1) is 20.1 Å². The molecule has 0 bridgehead atoms. The fraction of sp³-hybridized carbons (Fsp3) is 0.273. The summed E-state index contributed by atoms with van der Waals surface area (Å²) in [5.41, 5.74) is 1.62. The van der Waals surface area contributed by atoms with E-state index in [0.717, 1.165) is 11.3 Å². The van der Waals surface area contributed by atoms with E-state index in [1.165, 1.54) is 18.2 Å². The Kier molecular flexibility index (Phi) is 8.21. The van der Waals surface area contributed by atoms with Gasteiger partial charge in [-0.2, -0.15) is 0 Å².